The second kappa shape index (κ2) is 8.24. The van der Waals surface area contributed by atoms with Crippen molar-refractivity contribution in [1.82, 2.24) is 4.98 Å². The zero-order valence-electron chi connectivity index (χ0n) is 15.8. The van der Waals surface area contributed by atoms with Gasteiger partial charge < -0.3 is 13.7 Å². The average Bonchev–Trinajstić information content (AvgIpc) is 3.39. The van der Waals surface area contributed by atoms with Crippen LogP contribution in [0.4, 0.5) is 5.69 Å². The predicted molar refractivity (Wildman–Crippen MR) is 116 cm³/mol. The first-order chi connectivity index (χ1) is 14.8. The summed E-state index contributed by atoms with van der Waals surface area (Å²) >= 11 is 2.71. The van der Waals surface area contributed by atoms with E-state index in [4.69, 9.17) is 8.92 Å². The first-order valence-electron chi connectivity index (χ1n) is 8.64. The molecule has 31 heavy (non-hydrogen) atoms. The summed E-state index contributed by atoms with van der Waals surface area (Å²) in [5.41, 5.74) is -0.0421. The highest BCUT2D eigenvalue weighted by atomic mass is 32.2. The number of ether oxygens (including phenoxy) is 1. The van der Waals surface area contributed by atoms with Crippen LogP contribution >= 0.6 is 23.1 Å². The van der Waals surface area contributed by atoms with Gasteiger partial charge in [-0.05, 0) is 24.3 Å². The van der Waals surface area contributed by atoms with Crippen molar-refractivity contribution in [3.63, 3.8) is 0 Å². The molecule has 0 amide bonds. The summed E-state index contributed by atoms with van der Waals surface area (Å²) in [6.45, 7) is 0. The number of carbonyl (C=O) groups is 1. The molecule has 2 aromatic carbocycles. The minimum Gasteiger partial charge on any atom is -0.497 e. The lowest BCUT2D eigenvalue weighted by molar-refractivity contribution is -0.388. The zero-order valence-corrected chi connectivity index (χ0v) is 18.2. The van der Waals surface area contributed by atoms with Gasteiger partial charge in [0.25, 0.3) is 5.69 Å². The molecule has 10 nitrogen and oxygen atoms in total. The van der Waals surface area contributed by atoms with Crippen LogP contribution in [-0.4, -0.2) is 48.6 Å². The van der Waals surface area contributed by atoms with E-state index in [1.165, 1.54) is 48.4 Å². The molecule has 13 heteroatoms. The lowest BCUT2D eigenvalue weighted by Gasteiger charge is -2.08. The van der Waals surface area contributed by atoms with Crippen LogP contribution in [0, 0.1) is 10.1 Å². The van der Waals surface area contributed by atoms with Gasteiger partial charge in [-0.2, -0.15) is 8.42 Å². The largest absolute Gasteiger partial charge is 0.497 e. The molecule has 0 bridgehead atoms. The Morgan fingerprint density at radius 2 is 2.00 bits per heavy atom. The Morgan fingerprint density at radius 3 is 2.68 bits per heavy atom. The fourth-order valence-electron chi connectivity index (χ4n) is 2.77. The Kier molecular flexibility index (Phi) is 5.64. The van der Waals surface area contributed by atoms with Crippen LogP contribution in [0.3, 0.4) is 0 Å². The Bertz CT molecular complexity index is 1330. The van der Waals surface area contributed by atoms with Gasteiger partial charge in [0.2, 0.25) is 0 Å². The summed E-state index contributed by atoms with van der Waals surface area (Å²) in [4.78, 5) is 29.6. The molecule has 3 aromatic rings. The topological polar surface area (TPSA) is 138 Å². The number of fused-ring (bicyclic) bond motifs is 1. The second-order valence-electron chi connectivity index (χ2n) is 6.23. The summed E-state index contributed by atoms with van der Waals surface area (Å²) < 4.78 is 36.1. The fourth-order valence-corrected chi connectivity index (χ4v) is 5.89. The predicted octanol–water partition coefficient (Wildman–Crippen LogP) is 3.04. The van der Waals surface area contributed by atoms with Gasteiger partial charge in [0.05, 0.1) is 28.3 Å². The summed E-state index contributed by atoms with van der Waals surface area (Å²) in [7, 11) is -3.17. The van der Waals surface area contributed by atoms with Crippen molar-refractivity contribution < 1.29 is 27.1 Å². The third-order valence-electron chi connectivity index (χ3n) is 4.21. The number of carbonyl (C=O) groups excluding carboxylic acids is 1. The number of benzene rings is 2. The monoisotopic (exact) mass is 479 g/mol. The van der Waals surface area contributed by atoms with Crippen LogP contribution in [0.1, 0.15) is 5.01 Å². The van der Waals surface area contributed by atoms with Crippen molar-refractivity contribution in [3.8, 4) is 11.5 Å². The number of hydrogen-bond donors (Lipinski definition) is 0. The Labute approximate surface area is 184 Å². The summed E-state index contributed by atoms with van der Waals surface area (Å²) in [5, 5.41) is 12.6. The average molecular weight is 480 g/mol. The van der Waals surface area contributed by atoms with E-state index in [0.29, 0.717) is 26.0 Å². The van der Waals surface area contributed by atoms with E-state index in [1.54, 1.807) is 6.07 Å². The van der Waals surface area contributed by atoms with Crippen LogP contribution in [-0.2, 0) is 14.9 Å². The van der Waals surface area contributed by atoms with Gasteiger partial charge in [-0.25, -0.2) is 4.98 Å². The number of aromatic nitrogens is 1. The van der Waals surface area contributed by atoms with E-state index in [0.717, 1.165) is 18.4 Å². The summed E-state index contributed by atoms with van der Waals surface area (Å²) in [5.74, 6) is 0.690. The highest BCUT2D eigenvalue weighted by molar-refractivity contribution is 8.15. The molecule has 0 N–H and O–H groups in total. The van der Waals surface area contributed by atoms with Crippen molar-refractivity contribution in [1.29, 1.82) is 0 Å². The molecule has 0 fully saturated rings. The molecule has 0 aliphatic carbocycles. The standard InChI is InChI=1S/C18H13N3O7S3/c1-27-11-3-5-16(14(6-11)21(23)24)31(25,26)28-12-2-4-13-15(7-12)30-18(20-13)17-19-10(8-22)9-29-17/h2-8,10H,9H2,1H3/t10-/m0/s1. The molecule has 1 aliphatic heterocycles. The Balaban J connectivity index is 1.65. The molecule has 4 rings (SSSR count). The zero-order chi connectivity index (χ0) is 22.2. The SMILES string of the molecule is COc1ccc(S(=O)(=O)Oc2ccc3nc(C4=N[C@@H](C=O)CS4)sc3c2)c([N+](=O)[O-])c1. The lowest BCUT2D eigenvalue weighted by atomic mass is 10.3. The normalized spacial score (nSPS) is 16.2. The van der Waals surface area contributed by atoms with Crippen LogP contribution in [0.2, 0.25) is 0 Å². The van der Waals surface area contributed by atoms with E-state index in [9.17, 15) is 23.3 Å². The number of rotatable bonds is 7. The number of nitro groups is 1. The molecule has 0 unspecified atom stereocenters. The third-order valence-corrected chi connectivity index (χ3v) is 7.74. The molecular formula is C18H13N3O7S3. The number of aliphatic imine (C=N–C) groups is 1. The van der Waals surface area contributed by atoms with Gasteiger partial charge in [-0.3, -0.25) is 15.1 Å². The maximum absolute atomic E-state index is 12.7. The molecule has 1 aromatic heterocycles. The van der Waals surface area contributed by atoms with Gasteiger partial charge in [0.15, 0.2) is 4.90 Å². The number of aldehydes is 1. The van der Waals surface area contributed by atoms with E-state index >= 15 is 0 Å². The molecule has 0 radical (unpaired) electrons. The molecule has 0 spiro atoms. The van der Waals surface area contributed by atoms with E-state index < -0.39 is 31.7 Å². The number of hydrogen-bond acceptors (Lipinski definition) is 11. The van der Waals surface area contributed by atoms with Crippen molar-refractivity contribution >= 4 is 60.5 Å². The van der Waals surface area contributed by atoms with E-state index in [1.807, 2.05) is 0 Å². The van der Waals surface area contributed by atoms with Gasteiger partial charge >= 0.3 is 10.1 Å². The summed E-state index contributed by atoms with van der Waals surface area (Å²) in [6.07, 6.45) is 0.780. The maximum atomic E-state index is 12.7. The number of methoxy groups -OCH3 is 1. The van der Waals surface area contributed by atoms with Gasteiger partial charge in [0, 0.05) is 11.8 Å². The third kappa shape index (κ3) is 4.24. The molecule has 0 saturated carbocycles. The van der Waals surface area contributed by atoms with Crippen LogP contribution < -0.4 is 8.92 Å². The van der Waals surface area contributed by atoms with E-state index in [-0.39, 0.29) is 11.5 Å². The highest BCUT2D eigenvalue weighted by Gasteiger charge is 2.29. The molecule has 160 valence electrons. The Morgan fingerprint density at radius 1 is 1.23 bits per heavy atom. The van der Waals surface area contributed by atoms with Gasteiger partial charge in [-0.15, -0.1) is 23.1 Å². The van der Waals surface area contributed by atoms with Crippen molar-refractivity contribution in [2.45, 2.75) is 10.9 Å². The molecular weight excluding hydrogens is 466 g/mol. The summed E-state index contributed by atoms with van der Waals surface area (Å²) in [6, 6.07) is 7.47. The molecule has 0 saturated heterocycles. The lowest BCUT2D eigenvalue weighted by Crippen LogP contribution is -2.12. The van der Waals surface area contributed by atoms with E-state index in [2.05, 4.69) is 9.98 Å². The minimum absolute atomic E-state index is 0.0143. The van der Waals surface area contributed by atoms with Crippen LogP contribution in [0.25, 0.3) is 10.2 Å². The number of nitrogens with zero attached hydrogens (tertiary/aromatic N) is 3. The van der Waals surface area contributed by atoms with Crippen molar-refractivity contribution in [2.24, 2.45) is 4.99 Å². The Hall–Kier alpha value is -3.03. The molecule has 1 aliphatic rings. The van der Waals surface area contributed by atoms with Crippen LogP contribution in [0.15, 0.2) is 46.3 Å². The van der Waals surface area contributed by atoms with Crippen molar-refractivity contribution in [2.75, 3.05) is 12.9 Å². The van der Waals surface area contributed by atoms with Crippen molar-refractivity contribution in [3.05, 3.63) is 51.5 Å². The highest BCUT2D eigenvalue weighted by Crippen LogP contribution is 2.34. The van der Waals surface area contributed by atoms with Crippen LogP contribution in [0.5, 0.6) is 11.5 Å². The first-order valence-corrected chi connectivity index (χ1v) is 11.9. The fraction of sp³-hybridized carbons (Fsp3) is 0.167. The number of thioether (sulfide) groups is 1. The second-order valence-corrected chi connectivity index (χ2v) is 9.78. The number of thiazole rings is 1. The quantitative estimate of drug-likeness (QED) is 0.216. The maximum Gasteiger partial charge on any atom is 0.346 e. The van der Waals surface area contributed by atoms with Gasteiger partial charge in [0.1, 0.15) is 33.9 Å². The smallest absolute Gasteiger partial charge is 0.346 e. The van der Waals surface area contributed by atoms with Gasteiger partial charge in [-0.1, -0.05) is 0 Å². The molecule has 2 heterocycles. The molecule has 1 atom stereocenters. The minimum atomic E-state index is -4.48. The number of nitro benzene ring substituents is 1. The first kappa shape index (κ1) is 21.2.